The van der Waals surface area contributed by atoms with Gasteiger partial charge < -0.3 is 5.32 Å². The molecule has 0 saturated carbocycles. The van der Waals surface area contributed by atoms with E-state index in [0.717, 1.165) is 47.0 Å². The van der Waals surface area contributed by atoms with Crippen molar-refractivity contribution in [3.8, 4) is 0 Å². The van der Waals surface area contributed by atoms with Crippen molar-refractivity contribution < 1.29 is 31.1 Å². The number of hydrogen-bond donors (Lipinski definition) is 1. The topological polar surface area (TPSA) is 46.4 Å². The van der Waals surface area contributed by atoms with Crippen LogP contribution >= 0.6 is 0 Å². The number of nitrogens with zero attached hydrogens (tertiary/aromatic N) is 2. The van der Waals surface area contributed by atoms with Crippen LogP contribution in [0.15, 0.2) is 42.6 Å². The number of carbonyl (C=O) groups excluding carboxylic acids is 1. The van der Waals surface area contributed by atoms with Gasteiger partial charge in [-0.1, -0.05) is 0 Å². The van der Waals surface area contributed by atoms with Gasteiger partial charge in [0.25, 0.3) is 5.91 Å². The molecule has 1 amide bonds. The molecule has 0 radical (unpaired) electrons. The molecule has 1 N–H and O–H groups in total. The van der Waals surface area contributed by atoms with Crippen molar-refractivity contribution in [1.29, 1.82) is 0 Å². The Balaban J connectivity index is 1.94. The number of rotatable bonds is 2. The zero-order valence-corrected chi connectivity index (χ0v) is 13.6. The number of imidazole rings is 1. The fourth-order valence-corrected chi connectivity index (χ4v) is 2.54. The SMILES string of the molecule is Cc1nc2ccc(C(F)(F)F)cn2c1C(=O)Nc1ccc(C(F)(F)F)cc1. The molecular formula is C17H11F6N3O. The smallest absolute Gasteiger partial charge is 0.321 e. The minimum Gasteiger partial charge on any atom is -0.321 e. The number of aromatic nitrogens is 2. The van der Waals surface area contributed by atoms with Crippen LogP contribution in [0.3, 0.4) is 0 Å². The zero-order chi connectivity index (χ0) is 20.0. The van der Waals surface area contributed by atoms with Gasteiger partial charge >= 0.3 is 12.4 Å². The molecule has 0 aliphatic heterocycles. The van der Waals surface area contributed by atoms with Gasteiger partial charge in [0.05, 0.1) is 16.8 Å². The van der Waals surface area contributed by atoms with E-state index in [1.54, 1.807) is 0 Å². The first-order valence-electron chi connectivity index (χ1n) is 7.51. The second kappa shape index (κ2) is 6.29. The van der Waals surface area contributed by atoms with E-state index in [1.165, 1.54) is 6.92 Å². The van der Waals surface area contributed by atoms with E-state index >= 15 is 0 Å². The summed E-state index contributed by atoms with van der Waals surface area (Å²) in [5.74, 6) is -0.793. The standard InChI is InChI=1S/C17H11F6N3O/c1-9-14(26-8-11(17(21,22)23)4-7-13(26)24-9)15(27)25-12-5-2-10(3-6-12)16(18,19)20/h2-8H,1H3,(H,25,27). The number of anilines is 1. The molecule has 27 heavy (non-hydrogen) atoms. The second-order valence-corrected chi connectivity index (χ2v) is 5.72. The van der Waals surface area contributed by atoms with Crippen molar-refractivity contribution in [3.05, 3.63) is 65.1 Å². The van der Waals surface area contributed by atoms with E-state index in [1.807, 2.05) is 0 Å². The van der Waals surface area contributed by atoms with Gasteiger partial charge in [-0.15, -0.1) is 0 Å². The third-order valence-corrected chi connectivity index (χ3v) is 3.81. The van der Waals surface area contributed by atoms with E-state index in [9.17, 15) is 31.1 Å². The quantitative estimate of drug-likeness (QED) is 0.634. The maximum Gasteiger partial charge on any atom is 0.417 e. The molecule has 2 aromatic heterocycles. The number of pyridine rings is 1. The molecule has 0 bridgehead atoms. The monoisotopic (exact) mass is 387 g/mol. The number of amides is 1. The average molecular weight is 387 g/mol. The number of fused-ring (bicyclic) bond motifs is 1. The molecule has 0 atom stereocenters. The van der Waals surface area contributed by atoms with Crippen molar-refractivity contribution >= 4 is 17.2 Å². The Morgan fingerprint density at radius 3 is 2.04 bits per heavy atom. The van der Waals surface area contributed by atoms with Crippen LogP contribution in [-0.4, -0.2) is 15.3 Å². The lowest BCUT2D eigenvalue weighted by Gasteiger charge is -2.10. The largest absolute Gasteiger partial charge is 0.417 e. The zero-order valence-electron chi connectivity index (χ0n) is 13.6. The van der Waals surface area contributed by atoms with Crippen molar-refractivity contribution in [2.24, 2.45) is 0 Å². The Bertz CT molecular complexity index is 1000. The molecule has 0 saturated heterocycles. The Morgan fingerprint density at radius 2 is 1.48 bits per heavy atom. The average Bonchev–Trinajstić information content (AvgIpc) is 2.88. The lowest BCUT2D eigenvalue weighted by atomic mass is 10.2. The van der Waals surface area contributed by atoms with Crippen molar-refractivity contribution in [2.75, 3.05) is 5.32 Å². The van der Waals surface area contributed by atoms with E-state index in [0.29, 0.717) is 0 Å². The minimum absolute atomic E-state index is 0.0642. The van der Waals surface area contributed by atoms with Gasteiger partial charge in [-0.3, -0.25) is 9.20 Å². The summed E-state index contributed by atoms with van der Waals surface area (Å²) in [6.07, 6.45) is -8.38. The van der Waals surface area contributed by atoms with E-state index in [-0.39, 0.29) is 22.7 Å². The molecule has 3 rings (SSSR count). The number of halogens is 6. The first kappa shape index (κ1) is 18.7. The van der Waals surface area contributed by atoms with Crippen LogP contribution in [-0.2, 0) is 12.4 Å². The summed E-state index contributed by atoms with van der Waals surface area (Å²) in [4.78, 5) is 16.5. The predicted octanol–water partition coefficient (Wildman–Crippen LogP) is 4.93. The van der Waals surface area contributed by atoms with Crippen LogP contribution in [0.1, 0.15) is 27.3 Å². The van der Waals surface area contributed by atoms with Gasteiger partial charge in [-0.05, 0) is 43.3 Å². The second-order valence-electron chi connectivity index (χ2n) is 5.72. The van der Waals surface area contributed by atoms with Crippen molar-refractivity contribution in [2.45, 2.75) is 19.3 Å². The molecular weight excluding hydrogens is 376 g/mol. The highest BCUT2D eigenvalue weighted by atomic mass is 19.4. The first-order chi connectivity index (χ1) is 12.5. The van der Waals surface area contributed by atoms with Crippen LogP contribution in [0, 0.1) is 6.92 Å². The third-order valence-electron chi connectivity index (χ3n) is 3.81. The summed E-state index contributed by atoms with van der Waals surface area (Å²) in [6.45, 7) is 1.45. The molecule has 10 heteroatoms. The number of nitrogens with one attached hydrogen (secondary N) is 1. The summed E-state index contributed by atoms with van der Waals surface area (Å²) >= 11 is 0. The number of carbonyl (C=O) groups is 1. The van der Waals surface area contributed by atoms with E-state index < -0.39 is 29.4 Å². The molecule has 0 unspecified atom stereocenters. The summed E-state index contributed by atoms with van der Waals surface area (Å²) < 4.78 is 77.5. The van der Waals surface area contributed by atoms with E-state index in [4.69, 9.17) is 0 Å². The number of hydrogen-bond acceptors (Lipinski definition) is 2. The lowest BCUT2D eigenvalue weighted by Crippen LogP contribution is -2.16. The Kier molecular flexibility index (Phi) is 4.37. The van der Waals surface area contributed by atoms with Crippen LogP contribution in [0.5, 0.6) is 0 Å². The summed E-state index contributed by atoms with van der Waals surface area (Å²) in [5, 5.41) is 2.37. The van der Waals surface area contributed by atoms with Gasteiger partial charge in [0, 0.05) is 11.9 Å². The predicted molar refractivity (Wildman–Crippen MR) is 84.3 cm³/mol. The summed E-state index contributed by atoms with van der Waals surface area (Å²) in [5.41, 5.74) is -1.61. The Labute approximate surface area is 148 Å². The molecule has 4 nitrogen and oxygen atoms in total. The van der Waals surface area contributed by atoms with Gasteiger partial charge in [-0.25, -0.2) is 4.98 Å². The maximum absolute atomic E-state index is 12.9. The van der Waals surface area contributed by atoms with E-state index in [2.05, 4.69) is 10.3 Å². The van der Waals surface area contributed by atoms with Crippen molar-refractivity contribution in [3.63, 3.8) is 0 Å². The van der Waals surface area contributed by atoms with Crippen LogP contribution < -0.4 is 5.32 Å². The van der Waals surface area contributed by atoms with Gasteiger partial charge in [0.15, 0.2) is 0 Å². The van der Waals surface area contributed by atoms with Gasteiger partial charge in [0.1, 0.15) is 11.3 Å². The molecule has 2 heterocycles. The number of alkyl halides is 6. The molecule has 0 fully saturated rings. The minimum atomic E-state index is -4.60. The van der Waals surface area contributed by atoms with Gasteiger partial charge in [0.2, 0.25) is 0 Å². The molecule has 142 valence electrons. The lowest BCUT2D eigenvalue weighted by molar-refractivity contribution is -0.138. The highest BCUT2D eigenvalue weighted by Crippen LogP contribution is 2.31. The molecule has 1 aromatic carbocycles. The first-order valence-corrected chi connectivity index (χ1v) is 7.51. The molecule has 0 spiro atoms. The highest BCUT2D eigenvalue weighted by molar-refractivity contribution is 6.04. The summed E-state index contributed by atoms with van der Waals surface area (Å²) in [7, 11) is 0. The Hall–Kier alpha value is -3.04. The maximum atomic E-state index is 12.9. The fourth-order valence-electron chi connectivity index (χ4n) is 2.54. The highest BCUT2D eigenvalue weighted by Gasteiger charge is 2.32. The Morgan fingerprint density at radius 1 is 0.926 bits per heavy atom. The molecule has 0 aliphatic carbocycles. The molecule has 3 aromatic rings. The third kappa shape index (κ3) is 3.74. The normalized spacial score (nSPS) is 12.4. The van der Waals surface area contributed by atoms with Crippen molar-refractivity contribution in [1.82, 2.24) is 9.38 Å². The van der Waals surface area contributed by atoms with Crippen LogP contribution in [0.4, 0.5) is 32.0 Å². The fraction of sp³-hybridized carbons (Fsp3) is 0.176. The van der Waals surface area contributed by atoms with Crippen LogP contribution in [0.2, 0.25) is 0 Å². The number of aryl methyl sites for hydroxylation is 1. The van der Waals surface area contributed by atoms with Gasteiger partial charge in [-0.2, -0.15) is 26.3 Å². The summed E-state index contributed by atoms with van der Waals surface area (Å²) in [6, 6.07) is 5.67. The van der Waals surface area contributed by atoms with Crippen LogP contribution in [0.25, 0.3) is 5.65 Å². The number of benzene rings is 1. The molecule has 0 aliphatic rings.